The molecule has 2 aliphatic heterocycles. The van der Waals surface area contributed by atoms with Gasteiger partial charge in [0, 0.05) is 12.8 Å². The highest BCUT2D eigenvalue weighted by molar-refractivity contribution is 5.95. The number of amides is 1. The van der Waals surface area contributed by atoms with Crippen molar-refractivity contribution in [1.82, 2.24) is 5.32 Å². The summed E-state index contributed by atoms with van der Waals surface area (Å²) in [6.45, 7) is 2.68. The number of ether oxygens (including phenoxy) is 2. The van der Waals surface area contributed by atoms with Gasteiger partial charge in [0.2, 0.25) is 0 Å². The number of methoxy groups -OCH3 is 1. The molecule has 0 aromatic heterocycles. The van der Waals surface area contributed by atoms with E-state index in [-0.39, 0.29) is 24.2 Å². The molecular formula is C17H24N2O3. The summed E-state index contributed by atoms with van der Waals surface area (Å²) in [5.74, 6) is -0.00622. The lowest BCUT2D eigenvalue weighted by Crippen LogP contribution is -2.45. The maximum Gasteiger partial charge on any atom is 0.253 e. The molecule has 3 rings (SSSR count). The summed E-state index contributed by atoms with van der Waals surface area (Å²) in [5.41, 5.74) is 0.861. The molecular weight excluding hydrogens is 280 g/mol. The average Bonchev–Trinajstić information content (AvgIpc) is 2.93. The van der Waals surface area contributed by atoms with Gasteiger partial charge in [0.15, 0.2) is 0 Å². The minimum Gasteiger partial charge on any atom is -0.375 e. The Hall–Kier alpha value is -1.43. The third-order valence-electron chi connectivity index (χ3n) is 4.64. The lowest BCUT2D eigenvalue weighted by Gasteiger charge is -2.34. The first-order valence-corrected chi connectivity index (χ1v) is 7.95. The van der Waals surface area contributed by atoms with Crippen molar-refractivity contribution in [3.63, 3.8) is 0 Å². The van der Waals surface area contributed by atoms with E-state index in [9.17, 15) is 4.79 Å². The predicted octanol–water partition coefficient (Wildman–Crippen LogP) is 1.58. The zero-order valence-corrected chi connectivity index (χ0v) is 13.1. The molecule has 0 radical (unpaired) electrons. The van der Waals surface area contributed by atoms with E-state index < -0.39 is 0 Å². The first-order valence-electron chi connectivity index (χ1n) is 7.95. The van der Waals surface area contributed by atoms with Gasteiger partial charge in [-0.2, -0.15) is 0 Å². The molecule has 0 aliphatic carbocycles. The van der Waals surface area contributed by atoms with Gasteiger partial charge in [-0.05, 0) is 44.5 Å². The third-order valence-corrected chi connectivity index (χ3v) is 4.64. The van der Waals surface area contributed by atoms with E-state index in [0.717, 1.165) is 38.0 Å². The van der Waals surface area contributed by atoms with E-state index in [0.29, 0.717) is 6.61 Å². The Morgan fingerprint density at radius 3 is 2.77 bits per heavy atom. The van der Waals surface area contributed by atoms with Crippen LogP contribution in [-0.4, -0.2) is 51.0 Å². The monoisotopic (exact) mass is 304 g/mol. The van der Waals surface area contributed by atoms with Crippen molar-refractivity contribution in [1.29, 1.82) is 0 Å². The molecule has 5 nitrogen and oxygen atoms in total. The first kappa shape index (κ1) is 15.5. The average molecular weight is 304 g/mol. The Morgan fingerprint density at radius 2 is 2.09 bits per heavy atom. The number of hydrogen-bond acceptors (Lipinski definition) is 4. The summed E-state index contributed by atoms with van der Waals surface area (Å²) in [7, 11) is 1.56. The molecule has 1 spiro atoms. The van der Waals surface area contributed by atoms with Crippen LogP contribution in [0.2, 0.25) is 0 Å². The van der Waals surface area contributed by atoms with Crippen molar-refractivity contribution < 1.29 is 14.3 Å². The van der Waals surface area contributed by atoms with Gasteiger partial charge in [-0.3, -0.25) is 4.79 Å². The lowest BCUT2D eigenvalue weighted by molar-refractivity contribution is -0.122. The molecule has 2 heterocycles. The molecule has 1 aromatic carbocycles. The molecule has 2 saturated heterocycles. The van der Waals surface area contributed by atoms with Gasteiger partial charge in [-0.15, -0.1) is 0 Å². The third kappa shape index (κ3) is 3.16. The Kier molecular flexibility index (Phi) is 4.76. The van der Waals surface area contributed by atoms with E-state index in [4.69, 9.17) is 9.47 Å². The van der Waals surface area contributed by atoms with Crippen LogP contribution in [0.1, 0.15) is 19.3 Å². The highest BCUT2D eigenvalue weighted by Gasteiger charge is 2.44. The van der Waals surface area contributed by atoms with E-state index in [1.807, 2.05) is 35.2 Å². The standard InChI is InChI=1S/C17H24N2O3/c1-21-13-16(20)19(14-5-3-2-4-6-14)15-11-17(22-12-15)7-9-18-10-8-17/h2-6,15,18H,7-13H2,1H3/t15-/m1/s1. The van der Waals surface area contributed by atoms with Crippen LogP contribution in [0.25, 0.3) is 0 Å². The Labute approximate surface area is 131 Å². The number of carbonyl (C=O) groups excluding carboxylic acids is 1. The number of para-hydroxylation sites is 1. The van der Waals surface area contributed by atoms with Crippen molar-refractivity contribution in [3.05, 3.63) is 30.3 Å². The van der Waals surface area contributed by atoms with Gasteiger partial charge in [-0.1, -0.05) is 18.2 Å². The molecule has 2 fully saturated rings. The van der Waals surface area contributed by atoms with Gasteiger partial charge in [0.1, 0.15) is 6.61 Å². The lowest BCUT2D eigenvalue weighted by atomic mass is 9.88. The maximum atomic E-state index is 12.5. The second kappa shape index (κ2) is 6.77. The van der Waals surface area contributed by atoms with Crippen LogP contribution in [0.5, 0.6) is 0 Å². The fourth-order valence-corrected chi connectivity index (χ4v) is 3.56. The van der Waals surface area contributed by atoms with Gasteiger partial charge >= 0.3 is 0 Å². The molecule has 1 amide bonds. The predicted molar refractivity (Wildman–Crippen MR) is 85.0 cm³/mol. The van der Waals surface area contributed by atoms with Gasteiger partial charge in [0.25, 0.3) is 5.91 Å². The van der Waals surface area contributed by atoms with E-state index in [1.165, 1.54) is 0 Å². The molecule has 0 bridgehead atoms. The Balaban J connectivity index is 1.79. The van der Waals surface area contributed by atoms with Gasteiger partial charge in [0.05, 0.1) is 18.2 Å². The van der Waals surface area contributed by atoms with Gasteiger partial charge in [-0.25, -0.2) is 0 Å². The zero-order chi connectivity index (χ0) is 15.4. The molecule has 1 aromatic rings. The first-order chi connectivity index (χ1) is 10.7. The fourth-order valence-electron chi connectivity index (χ4n) is 3.56. The summed E-state index contributed by atoms with van der Waals surface area (Å²) >= 11 is 0. The minimum atomic E-state index is -0.0592. The fraction of sp³-hybridized carbons (Fsp3) is 0.588. The maximum absolute atomic E-state index is 12.5. The van der Waals surface area contributed by atoms with Crippen LogP contribution in [0.15, 0.2) is 30.3 Å². The summed E-state index contributed by atoms with van der Waals surface area (Å²) in [5, 5.41) is 3.37. The molecule has 5 heteroatoms. The molecule has 0 unspecified atom stereocenters. The topological polar surface area (TPSA) is 50.8 Å². The number of benzene rings is 1. The van der Waals surface area contributed by atoms with Crippen molar-refractivity contribution in [3.8, 4) is 0 Å². The smallest absolute Gasteiger partial charge is 0.253 e. The van der Waals surface area contributed by atoms with Gasteiger partial charge < -0.3 is 19.7 Å². The largest absolute Gasteiger partial charge is 0.375 e. The summed E-state index contributed by atoms with van der Waals surface area (Å²) < 4.78 is 11.2. The Bertz CT molecular complexity index is 500. The second-order valence-electron chi connectivity index (χ2n) is 6.13. The normalized spacial score (nSPS) is 23.6. The number of piperidine rings is 1. The SMILES string of the molecule is COCC(=O)N(c1ccccc1)[C@H]1COC2(CCNCC2)C1. The van der Waals surface area contributed by atoms with E-state index in [1.54, 1.807) is 7.11 Å². The number of rotatable bonds is 4. The molecule has 0 saturated carbocycles. The number of nitrogens with one attached hydrogen (secondary N) is 1. The highest BCUT2D eigenvalue weighted by Crippen LogP contribution is 2.37. The minimum absolute atomic E-state index is 0.00622. The number of hydrogen-bond donors (Lipinski definition) is 1. The highest BCUT2D eigenvalue weighted by atomic mass is 16.5. The zero-order valence-electron chi connectivity index (χ0n) is 13.1. The summed E-state index contributed by atoms with van der Waals surface area (Å²) in [6.07, 6.45) is 2.94. The van der Waals surface area contributed by atoms with Crippen molar-refractivity contribution in [2.24, 2.45) is 0 Å². The Morgan fingerprint density at radius 1 is 1.36 bits per heavy atom. The van der Waals surface area contributed by atoms with Crippen LogP contribution in [-0.2, 0) is 14.3 Å². The molecule has 1 atom stereocenters. The van der Waals surface area contributed by atoms with E-state index >= 15 is 0 Å². The van der Waals surface area contributed by atoms with Crippen LogP contribution in [0.4, 0.5) is 5.69 Å². The van der Waals surface area contributed by atoms with Crippen molar-refractivity contribution >= 4 is 11.6 Å². The summed E-state index contributed by atoms with van der Waals surface area (Å²) in [6, 6.07) is 9.91. The quantitative estimate of drug-likeness (QED) is 0.917. The second-order valence-corrected chi connectivity index (χ2v) is 6.13. The van der Waals surface area contributed by atoms with Crippen molar-refractivity contribution in [2.75, 3.05) is 38.3 Å². The molecule has 120 valence electrons. The number of nitrogens with zero attached hydrogens (tertiary/aromatic N) is 1. The summed E-state index contributed by atoms with van der Waals surface area (Å²) in [4.78, 5) is 14.4. The van der Waals surface area contributed by atoms with Crippen LogP contribution >= 0.6 is 0 Å². The molecule has 1 N–H and O–H groups in total. The van der Waals surface area contributed by atoms with Crippen molar-refractivity contribution in [2.45, 2.75) is 30.9 Å². The number of carbonyl (C=O) groups is 1. The van der Waals surface area contributed by atoms with Crippen LogP contribution in [0, 0.1) is 0 Å². The molecule has 2 aliphatic rings. The van der Waals surface area contributed by atoms with Crippen LogP contribution in [0.3, 0.4) is 0 Å². The molecule has 22 heavy (non-hydrogen) atoms. The van der Waals surface area contributed by atoms with Crippen LogP contribution < -0.4 is 10.2 Å². The van der Waals surface area contributed by atoms with E-state index in [2.05, 4.69) is 5.32 Å². The number of anilines is 1.